The van der Waals surface area contributed by atoms with Crippen LogP contribution in [-0.2, 0) is 4.43 Å². The van der Waals surface area contributed by atoms with Crippen LogP contribution in [0.25, 0.3) is 0 Å². The van der Waals surface area contributed by atoms with Gasteiger partial charge in [-0.3, -0.25) is 0 Å². The summed E-state index contributed by atoms with van der Waals surface area (Å²) >= 11 is 3.53. The third-order valence-electron chi connectivity index (χ3n) is 1.53. The Morgan fingerprint density at radius 2 is 1.91 bits per heavy atom. The fourth-order valence-electron chi connectivity index (χ4n) is 1.16. The molecule has 0 heterocycles. The van der Waals surface area contributed by atoms with E-state index in [4.69, 9.17) is 4.43 Å². The highest BCUT2D eigenvalue weighted by Gasteiger charge is 2.21. The van der Waals surface area contributed by atoms with Gasteiger partial charge in [0.25, 0.3) is 0 Å². The first kappa shape index (κ1) is 9.33. The number of rotatable bonds is 2. The molecule has 11 heavy (non-hydrogen) atoms. The first-order chi connectivity index (χ1) is 4.99. The summed E-state index contributed by atoms with van der Waals surface area (Å²) in [4.78, 5) is 0. The van der Waals surface area contributed by atoms with Gasteiger partial charge in [-0.15, -0.1) is 0 Å². The topological polar surface area (TPSA) is 9.23 Å². The highest BCUT2D eigenvalue weighted by molar-refractivity contribution is 9.11. The first-order valence-electron chi connectivity index (χ1n) is 4.05. The van der Waals surface area contributed by atoms with Crippen molar-refractivity contribution in [2.75, 3.05) is 0 Å². The standard InChI is InChI=1S/C8H15BrOSi/c1-11(2,3)10-8-6-4-5-7(8)9/h4-6H2,1-3H3. The first-order valence-corrected chi connectivity index (χ1v) is 8.26. The zero-order valence-corrected chi connectivity index (χ0v) is 9.99. The van der Waals surface area contributed by atoms with E-state index in [1.165, 1.54) is 23.1 Å². The van der Waals surface area contributed by atoms with Gasteiger partial charge in [-0.25, -0.2) is 0 Å². The predicted octanol–water partition coefficient (Wildman–Crippen LogP) is 3.63. The van der Waals surface area contributed by atoms with E-state index >= 15 is 0 Å². The molecule has 1 rings (SSSR count). The monoisotopic (exact) mass is 234 g/mol. The van der Waals surface area contributed by atoms with Crippen molar-refractivity contribution in [1.82, 2.24) is 0 Å². The molecule has 0 radical (unpaired) electrons. The van der Waals surface area contributed by atoms with E-state index in [2.05, 4.69) is 35.6 Å². The van der Waals surface area contributed by atoms with Crippen LogP contribution >= 0.6 is 15.9 Å². The molecular weight excluding hydrogens is 220 g/mol. The summed E-state index contributed by atoms with van der Waals surface area (Å²) in [7, 11) is -1.35. The summed E-state index contributed by atoms with van der Waals surface area (Å²) in [5, 5.41) is 0. The Balaban J connectivity index is 2.56. The molecule has 0 amide bonds. The second kappa shape index (κ2) is 3.31. The molecule has 1 nitrogen and oxygen atoms in total. The summed E-state index contributed by atoms with van der Waals surface area (Å²) < 4.78 is 7.17. The largest absolute Gasteiger partial charge is 0.547 e. The molecule has 0 aliphatic heterocycles. The lowest BCUT2D eigenvalue weighted by Gasteiger charge is -2.20. The van der Waals surface area contributed by atoms with Gasteiger partial charge in [-0.2, -0.15) is 0 Å². The molecule has 0 aromatic heterocycles. The van der Waals surface area contributed by atoms with E-state index in [-0.39, 0.29) is 0 Å². The molecular formula is C8H15BrOSi. The average Bonchev–Trinajstić information content (AvgIpc) is 2.12. The maximum absolute atomic E-state index is 5.88. The molecule has 1 aliphatic carbocycles. The Kier molecular flexibility index (Phi) is 2.81. The Morgan fingerprint density at radius 1 is 1.27 bits per heavy atom. The van der Waals surface area contributed by atoms with Crippen LogP contribution in [0.2, 0.25) is 19.6 Å². The third-order valence-corrected chi connectivity index (χ3v) is 3.23. The number of hydrogen-bond donors (Lipinski definition) is 0. The maximum atomic E-state index is 5.88. The molecule has 0 saturated carbocycles. The fourth-order valence-corrected chi connectivity index (χ4v) is 2.83. The molecule has 0 fully saturated rings. The molecule has 64 valence electrons. The molecule has 0 spiro atoms. The van der Waals surface area contributed by atoms with Crippen molar-refractivity contribution >= 4 is 24.2 Å². The van der Waals surface area contributed by atoms with Crippen LogP contribution in [-0.4, -0.2) is 8.32 Å². The lowest BCUT2D eigenvalue weighted by molar-refractivity contribution is 0.407. The van der Waals surface area contributed by atoms with E-state index in [0.717, 1.165) is 6.42 Å². The molecule has 0 bridgehead atoms. The van der Waals surface area contributed by atoms with Crippen LogP contribution in [0.5, 0.6) is 0 Å². The lowest BCUT2D eigenvalue weighted by atomic mass is 10.4. The van der Waals surface area contributed by atoms with Gasteiger partial charge >= 0.3 is 0 Å². The van der Waals surface area contributed by atoms with Gasteiger partial charge in [0.2, 0.25) is 8.32 Å². The summed E-state index contributed by atoms with van der Waals surface area (Å²) in [6.45, 7) is 6.66. The SMILES string of the molecule is C[Si](C)(C)OC1=C(Br)CCC1. The van der Waals surface area contributed by atoms with Gasteiger partial charge in [0, 0.05) is 10.9 Å². The van der Waals surface area contributed by atoms with Crippen molar-refractivity contribution in [3.8, 4) is 0 Å². The van der Waals surface area contributed by atoms with Crippen molar-refractivity contribution in [3.63, 3.8) is 0 Å². The Bertz CT molecular complexity index is 181. The summed E-state index contributed by atoms with van der Waals surface area (Å²) in [5.74, 6) is 1.21. The zero-order valence-electron chi connectivity index (χ0n) is 7.41. The highest BCUT2D eigenvalue weighted by Crippen LogP contribution is 2.32. The maximum Gasteiger partial charge on any atom is 0.241 e. The van der Waals surface area contributed by atoms with E-state index in [1.54, 1.807) is 0 Å². The molecule has 0 atom stereocenters. The third kappa shape index (κ3) is 2.99. The molecule has 1 aliphatic rings. The zero-order chi connectivity index (χ0) is 8.48. The summed E-state index contributed by atoms with van der Waals surface area (Å²) in [6, 6.07) is 0. The van der Waals surface area contributed by atoms with E-state index in [0.29, 0.717) is 0 Å². The minimum atomic E-state index is -1.35. The van der Waals surface area contributed by atoms with Crippen LogP contribution < -0.4 is 0 Å². The van der Waals surface area contributed by atoms with Crippen molar-refractivity contribution in [2.24, 2.45) is 0 Å². The Morgan fingerprint density at radius 3 is 2.27 bits per heavy atom. The van der Waals surface area contributed by atoms with E-state index in [1.807, 2.05) is 0 Å². The second-order valence-corrected chi connectivity index (χ2v) is 9.28. The summed E-state index contributed by atoms with van der Waals surface area (Å²) in [5.41, 5.74) is 0. The van der Waals surface area contributed by atoms with Crippen molar-refractivity contribution < 1.29 is 4.43 Å². The van der Waals surface area contributed by atoms with Crippen molar-refractivity contribution in [2.45, 2.75) is 38.9 Å². The molecule has 0 saturated heterocycles. The minimum absolute atomic E-state index is 1.13. The van der Waals surface area contributed by atoms with Crippen molar-refractivity contribution in [3.05, 3.63) is 10.2 Å². The van der Waals surface area contributed by atoms with Gasteiger partial charge in [-0.1, -0.05) is 15.9 Å². The average molecular weight is 235 g/mol. The molecule has 0 N–H and O–H groups in total. The van der Waals surface area contributed by atoms with E-state index < -0.39 is 8.32 Å². The van der Waals surface area contributed by atoms with Gasteiger partial charge < -0.3 is 4.43 Å². The quantitative estimate of drug-likeness (QED) is 0.664. The molecule has 0 aromatic carbocycles. The number of hydrogen-bond acceptors (Lipinski definition) is 1. The van der Waals surface area contributed by atoms with Crippen LogP contribution in [0.3, 0.4) is 0 Å². The Hall–Kier alpha value is 0.237. The van der Waals surface area contributed by atoms with Crippen LogP contribution in [0, 0.1) is 0 Å². The molecule has 0 unspecified atom stereocenters. The predicted molar refractivity (Wildman–Crippen MR) is 54.2 cm³/mol. The van der Waals surface area contributed by atoms with Crippen LogP contribution in [0.4, 0.5) is 0 Å². The van der Waals surface area contributed by atoms with Crippen LogP contribution in [0.15, 0.2) is 10.2 Å². The normalized spacial score (nSPS) is 19.3. The smallest absolute Gasteiger partial charge is 0.241 e. The minimum Gasteiger partial charge on any atom is -0.547 e. The van der Waals surface area contributed by atoms with Crippen LogP contribution in [0.1, 0.15) is 19.3 Å². The van der Waals surface area contributed by atoms with Gasteiger partial charge in [0.1, 0.15) is 0 Å². The molecule has 3 heteroatoms. The number of halogens is 1. The molecule has 0 aromatic rings. The van der Waals surface area contributed by atoms with Crippen molar-refractivity contribution in [1.29, 1.82) is 0 Å². The number of allylic oxidation sites excluding steroid dienone is 2. The lowest BCUT2D eigenvalue weighted by Crippen LogP contribution is -2.24. The highest BCUT2D eigenvalue weighted by atomic mass is 79.9. The van der Waals surface area contributed by atoms with E-state index in [9.17, 15) is 0 Å². The Labute approximate surface area is 78.1 Å². The second-order valence-electron chi connectivity index (χ2n) is 3.90. The van der Waals surface area contributed by atoms with Gasteiger partial charge in [0.05, 0.1) is 5.76 Å². The van der Waals surface area contributed by atoms with Gasteiger partial charge in [-0.05, 0) is 32.5 Å². The fraction of sp³-hybridized carbons (Fsp3) is 0.750. The summed E-state index contributed by atoms with van der Waals surface area (Å²) in [6.07, 6.45) is 3.55. The van der Waals surface area contributed by atoms with Gasteiger partial charge in [0.15, 0.2) is 0 Å².